The van der Waals surface area contributed by atoms with Crippen LogP contribution in [0, 0.1) is 11.6 Å². The maximum Gasteiger partial charge on any atom is 0.261 e. The van der Waals surface area contributed by atoms with E-state index < -0.39 is 17.5 Å². The van der Waals surface area contributed by atoms with Crippen LogP contribution in [0.1, 0.15) is 22.3 Å². The van der Waals surface area contributed by atoms with Gasteiger partial charge in [0.1, 0.15) is 11.6 Å². The van der Waals surface area contributed by atoms with E-state index in [1.807, 2.05) is 0 Å². The Labute approximate surface area is 115 Å². The number of rotatable bonds is 1. The normalized spacial score (nSPS) is 14.0. The lowest BCUT2D eigenvalue weighted by molar-refractivity contribution is 0.0981. The second-order valence-corrected chi connectivity index (χ2v) is 4.81. The number of fused-ring (bicyclic) bond motifs is 1. The van der Waals surface area contributed by atoms with E-state index in [4.69, 9.17) is 0 Å². The highest BCUT2D eigenvalue weighted by Crippen LogP contribution is 2.29. The predicted molar refractivity (Wildman–Crippen MR) is 72.8 cm³/mol. The molecule has 0 radical (unpaired) electrons. The molecule has 0 aliphatic carbocycles. The summed E-state index contributed by atoms with van der Waals surface area (Å²) in [4.78, 5) is 13.9. The van der Waals surface area contributed by atoms with Crippen LogP contribution in [0.5, 0.6) is 0 Å². The van der Waals surface area contributed by atoms with Gasteiger partial charge >= 0.3 is 0 Å². The van der Waals surface area contributed by atoms with E-state index >= 15 is 0 Å². The van der Waals surface area contributed by atoms with Crippen molar-refractivity contribution in [2.45, 2.75) is 12.8 Å². The van der Waals surface area contributed by atoms with Crippen molar-refractivity contribution in [3.05, 3.63) is 65.2 Å². The molecule has 0 fully saturated rings. The quantitative estimate of drug-likeness (QED) is 0.778. The molecular formula is C16H13F2NO. The first-order valence-electron chi connectivity index (χ1n) is 6.51. The third kappa shape index (κ3) is 2.18. The minimum absolute atomic E-state index is 0.0182. The topological polar surface area (TPSA) is 20.3 Å². The number of carbonyl (C=O) groups is 1. The van der Waals surface area contributed by atoms with Gasteiger partial charge in [-0.15, -0.1) is 0 Å². The van der Waals surface area contributed by atoms with Crippen molar-refractivity contribution >= 4 is 11.6 Å². The third-order valence-corrected chi connectivity index (χ3v) is 3.52. The Bertz CT molecular complexity index is 669. The van der Waals surface area contributed by atoms with Gasteiger partial charge in [-0.3, -0.25) is 4.79 Å². The average Bonchev–Trinajstić information content (AvgIpc) is 2.46. The Morgan fingerprint density at radius 1 is 1.10 bits per heavy atom. The molecule has 0 atom stereocenters. The summed E-state index contributed by atoms with van der Waals surface area (Å²) >= 11 is 0. The van der Waals surface area contributed by atoms with Crippen LogP contribution in [0.3, 0.4) is 0 Å². The van der Waals surface area contributed by atoms with E-state index in [0.29, 0.717) is 12.2 Å². The number of nitrogens with zero attached hydrogens (tertiary/aromatic N) is 1. The molecule has 0 unspecified atom stereocenters. The summed E-state index contributed by atoms with van der Waals surface area (Å²) in [6.45, 7) is 0.476. The summed E-state index contributed by atoms with van der Waals surface area (Å²) in [7, 11) is 0. The van der Waals surface area contributed by atoms with Crippen LogP contribution in [-0.4, -0.2) is 12.5 Å². The fourth-order valence-electron chi connectivity index (χ4n) is 2.54. The molecule has 2 aromatic rings. The lowest BCUT2D eigenvalue weighted by Crippen LogP contribution is -2.36. The summed E-state index contributed by atoms with van der Waals surface area (Å²) in [6.07, 6.45) is 1.59. The smallest absolute Gasteiger partial charge is 0.261 e. The molecule has 4 heteroatoms. The first-order chi connectivity index (χ1) is 9.66. The van der Waals surface area contributed by atoms with Crippen LogP contribution in [-0.2, 0) is 6.42 Å². The van der Waals surface area contributed by atoms with Crippen molar-refractivity contribution in [3.8, 4) is 0 Å². The van der Waals surface area contributed by atoms with Crippen LogP contribution in [0.25, 0.3) is 0 Å². The second kappa shape index (κ2) is 5.04. The number of halogens is 2. The molecule has 2 nitrogen and oxygen atoms in total. The highest BCUT2D eigenvalue weighted by Gasteiger charge is 2.25. The van der Waals surface area contributed by atoms with Crippen molar-refractivity contribution in [2.24, 2.45) is 0 Å². The fraction of sp³-hybridized carbons (Fsp3) is 0.188. The third-order valence-electron chi connectivity index (χ3n) is 3.52. The summed E-state index contributed by atoms with van der Waals surface area (Å²) in [6, 6.07) is 10.3. The van der Waals surface area contributed by atoms with Crippen LogP contribution in [0.15, 0.2) is 42.5 Å². The van der Waals surface area contributed by atoms with Crippen molar-refractivity contribution in [1.29, 1.82) is 0 Å². The molecule has 1 aliphatic heterocycles. The minimum atomic E-state index is -0.555. The van der Waals surface area contributed by atoms with Crippen LogP contribution < -0.4 is 4.90 Å². The van der Waals surface area contributed by atoms with Gasteiger partial charge in [0, 0.05) is 6.54 Å². The number of hydrogen-bond acceptors (Lipinski definition) is 1. The number of amides is 1. The molecule has 1 heterocycles. The van der Waals surface area contributed by atoms with Gasteiger partial charge in [-0.2, -0.15) is 0 Å². The minimum Gasteiger partial charge on any atom is -0.308 e. The molecule has 2 aromatic carbocycles. The molecule has 102 valence electrons. The summed E-state index contributed by atoms with van der Waals surface area (Å²) < 4.78 is 27.1. The van der Waals surface area contributed by atoms with E-state index in [1.165, 1.54) is 35.2 Å². The summed E-state index contributed by atoms with van der Waals surface area (Å²) in [5.74, 6) is -1.37. The van der Waals surface area contributed by atoms with Crippen molar-refractivity contribution in [2.75, 3.05) is 11.4 Å². The maximum atomic E-state index is 13.7. The molecule has 3 rings (SSSR count). The lowest BCUT2D eigenvalue weighted by atomic mass is 10.0. The van der Waals surface area contributed by atoms with E-state index in [2.05, 4.69) is 0 Å². The van der Waals surface area contributed by atoms with Gasteiger partial charge in [0.2, 0.25) is 0 Å². The predicted octanol–water partition coefficient (Wildman–Crippen LogP) is 3.56. The molecular weight excluding hydrogens is 260 g/mol. The molecule has 0 bridgehead atoms. The number of aryl methyl sites for hydroxylation is 1. The number of hydrogen-bond donors (Lipinski definition) is 0. The Hall–Kier alpha value is -2.23. The highest BCUT2D eigenvalue weighted by molar-refractivity contribution is 6.06. The standard InChI is InChI=1S/C16H13F2NO/c17-12-8-7-11-4-3-9-19(15(11)10-12)16(20)13-5-1-2-6-14(13)18/h1-2,5-8,10H,3-4,9H2. The molecule has 0 saturated heterocycles. The molecule has 1 amide bonds. The average molecular weight is 273 g/mol. The summed E-state index contributed by atoms with van der Waals surface area (Å²) in [5, 5.41) is 0. The van der Waals surface area contributed by atoms with E-state index in [9.17, 15) is 13.6 Å². The monoisotopic (exact) mass is 273 g/mol. The van der Waals surface area contributed by atoms with Gasteiger partial charge < -0.3 is 4.90 Å². The SMILES string of the molecule is O=C(c1ccccc1F)N1CCCc2ccc(F)cc21. The zero-order valence-corrected chi connectivity index (χ0v) is 10.8. The first kappa shape index (κ1) is 12.8. The number of anilines is 1. The van der Waals surface area contributed by atoms with Crippen molar-refractivity contribution in [3.63, 3.8) is 0 Å². The number of benzene rings is 2. The molecule has 0 N–H and O–H groups in total. The van der Waals surface area contributed by atoms with E-state index in [0.717, 1.165) is 18.4 Å². The van der Waals surface area contributed by atoms with E-state index in [-0.39, 0.29) is 5.56 Å². The van der Waals surface area contributed by atoms with Crippen LogP contribution in [0.2, 0.25) is 0 Å². The fourth-order valence-corrected chi connectivity index (χ4v) is 2.54. The Balaban J connectivity index is 2.03. The maximum absolute atomic E-state index is 13.7. The van der Waals surface area contributed by atoms with Crippen LogP contribution >= 0.6 is 0 Å². The number of carbonyl (C=O) groups excluding carboxylic acids is 1. The molecule has 1 aliphatic rings. The van der Waals surface area contributed by atoms with Gasteiger partial charge in [-0.25, -0.2) is 8.78 Å². The van der Waals surface area contributed by atoms with Gasteiger partial charge in [0.15, 0.2) is 0 Å². The van der Waals surface area contributed by atoms with Gasteiger partial charge in [-0.05, 0) is 42.7 Å². The Morgan fingerprint density at radius 2 is 1.90 bits per heavy atom. The highest BCUT2D eigenvalue weighted by atomic mass is 19.1. The largest absolute Gasteiger partial charge is 0.308 e. The zero-order valence-electron chi connectivity index (χ0n) is 10.8. The van der Waals surface area contributed by atoms with Crippen molar-refractivity contribution < 1.29 is 13.6 Å². The molecule has 20 heavy (non-hydrogen) atoms. The zero-order chi connectivity index (χ0) is 14.1. The second-order valence-electron chi connectivity index (χ2n) is 4.81. The Kier molecular flexibility index (Phi) is 3.22. The molecule has 0 aromatic heterocycles. The van der Waals surface area contributed by atoms with Crippen molar-refractivity contribution in [1.82, 2.24) is 0 Å². The summed E-state index contributed by atoms with van der Waals surface area (Å²) in [5.41, 5.74) is 1.48. The molecule has 0 saturated carbocycles. The van der Waals surface area contributed by atoms with Gasteiger partial charge in [0.25, 0.3) is 5.91 Å². The van der Waals surface area contributed by atoms with Crippen LogP contribution in [0.4, 0.5) is 14.5 Å². The van der Waals surface area contributed by atoms with E-state index in [1.54, 1.807) is 12.1 Å². The Morgan fingerprint density at radius 3 is 2.70 bits per heavy atom. The van der Waals surface area contributed by atoms with Gasteiger partial charge in [0.05, 0.1) is 11.3 Å². The van der Waals surface area contributed by atoms with Gasteiger partial charge in [-0.1, -0.05) is 18.2 Å². The molecule has 0 spiro atoms. The lowest BCUT2D eigenvalue weighted by Gasteiger charge is -2.29. The first-order valence-corrected chi connectivity index (χ1v) is 6.51.